The van der Waals surface area contributed by atoms with E-state index in [0.29, 0.717) is 26.1 Å². The molecule has 1 aliphatic rings. The van der Waals surface area contributed by atoms with Crippen LogP contribution in [0.3, 0.4) is 0 Å². The van der Waals surface area contributed by atoms with Gasteiger partial charge >= 0.3 is 0 Å². The van der Waals surface area contributed by atoms with Gasteiger partial charge in [0.05, 0.1) is 0 Å². The quantitative estimate of drug-likeness (QED) is 0.704. The fourth-order valence-electron chi connectivity index (χ4n) is 3.03. The third kappa shape index (κ3) is 3.98. The van der Waals surface area contributed by atoms with Crippen LogP contribution in [0.15, 0.2) is 40.6 Å². The van der Waals surface area contributed by atoms with Gasteiger partial charge in [-0.2, -0.15) is 4.31 Å². The number of hydrogen-bond acceptors (Lipinski definition) is 5. The Morgan fingerprint density at radius 3 is 2.73 bits per heavy atom. The molecule has 2 heterocycles. The molecular formula is C18H23N3O3S2. The Morgan fingerprint density at radius 1 is 1.19 bits per heavy atom. The second-order valence-corrected chi connectivity index (χ2v) is 9.01. The van der Waals surface area contributed by atoms with Crippen LogP contribution < -0.4 is 10.6 Å². The number of carbonyl (C=O) groups excluding carboxylic acids is 1. The summed E-state index contributed by atoms with van der Waals surface area (Å²) in [4.78, 5) is 12.8. The van der Waals surface area contributed by atoms with Crippen LogP contribution >= 0.6 is 11.3 Å². The minimum absolute atomic E-state index is 0.105. The lowest BCUT2D eigenvalue weighted by Crippen LogP contribution is -2.37. The van der Waals surface area contributed by atoms with E-state index in [9.17, 15) is 13.2 Å². The Bertz CT molecular complexity index is 877. The molecule has 0 spiro atoms. The Kier molecular flexibility index (Phi) is 6.08. The molecule has 0 atom stereocenters. The molecule has 140 valence electrons. The topological polar surface area (TPSA) is 78.5 Å². The van der Waals surface area contributed by atoms with Crippen LogP contribution in [0.25, 0.3) is 0 Å². The van der Waals surface area contributed by atoms with E-state index in [-0.39, 0.29) is 15.7 Å². The van der Waals surface area contributed by atoms with Gasteiger partial charge in [0.2, 0.25) is 10.0 Å². The lowest BCUT2D eigenvalue weighted by atomic mass is 10.0. The van der Waals surface area contributed by atoms with Gasteiger partial charge in [0.15, 0.2) is 0 Å². The van der Waals surface area contributed by atoms with Crippen LogP contribution in [0.5, 0.6) is 0 Å². The van der Waals surface area contributed by atoms with Gasteiger partial charge in [0.1, 0.15) is 9.77 Å². The van der Waals surface area contributed by atoms with Gasteiger partial charge in [-0.25, -0.2) is 8.42 Å². The zero-order valence-corrected chi connectivity index (χ0v) is 16.3. The summed E-state index contributed by atoms with van der Waals surface area (Å²) in [5, 5.41) is 7.47. The van der Waals surface area contributed by atoms with E-state index >= 15 is 0 Å². The first-order chi connectivity index (χ1) is 12.5. The molecule has 0 bridgehead atoms. The van der Waals surface area contributed by atoms with E-state index in [4.69, 9.17) is 0 Å². The van der Waals surface area contributed by atoms with Crippen LogP contribution in [-0.4, -0.2) is 45.3 Å². The van der Waals surface area contributed by atoms with E-state index in [1.807, 2.05) is 31.3 Å². The Balaban J connectivity index is 1.77. The van der Waals surface area contributed by atoms with E-state index in [2.05, 4.69) is 10.6 Å². The van der Waals surface area contributed by atoms with Crippen molar-refractivity contribution in [3.8, 4) is 0 Å². The SMILES string of the molecule is CNCCCNC(=O)c1sccc1S(=O)(=O)N1CCc2ccccc2C1. The summed E-state index contributed by atoms with van der Waals surface area (Å²) in [6.07, 6.45) is 1.48. The first kappa shape index (κ1) is 19.0. The maximum absolute atomic E-state index is 13.1. The summed E-state index contributed by atoms with van der Waals surface area (Å²) in [7, 11) is -1.85. The molecule has 0 fully saturated rings. The number of nitrogens with zero attached hydrogens (tertiary/aromatic N) is 1. The molecule has 1 aromatic carbocycles. The number of nitrogens with one attached hydrogen (secondary N) is 2. The first-order valence-corrected chi connectivity index (χ1v) is 10.9. The van der Waals surface area contributed by atoms with Crippen molar-refractivity contribution in [3.63, 3.8) is 0 Å². The largest absolute Gasteiger partial charge is 0.351 e. The highest BCUT2D eigenvalue weighted by Gasteiger charge is 2.32. The van der Waals surface area contributed by atoms with Crippen LogP contribution in [0.1, 0.15) is 27.2 Å². The fraction of sp³-hybridized carbons (Fsp3) is 0.389. The molecule has 2 aromatic rings. The number of sulfonamides is 1. The van der Waals surface area contributed by atoms with Crippen molar-refractivity contribution >= 4 is 27.3 Å². The summed E-state index contributed by atoms with van der Waals surface area (Å²) in [6, 6.07) is 9.42. The van der Waals surface area contributed by atoms with E-state index in [1.165, 1.54) is 15.9 Å². The predicted octanol–water partition coefficient (Wildman–Crippen LogP) is 1.83. The average molecular weight is 394 g/mol. The van der Waals surface area contributed by atoms with Crippen LogP contribution in [-0.2, 0) is 23.0 Å². The normalized spacial score (nSPS) is 14.8. The molecule has 2 N–H and O–H groups in total. The van der Waals surface area contributed by atoms with Crippen molar-refractivity contribution < 1.29 is 13.2 Å². The monoisotopic (exact) mass is 393 g/mol. The number of hydrogen-bond donors (Lipinski definition) is 2. The summed E-state index contributed by atoms with van der Waals surface area (Å²) >= 11 is 1.16. The summed E-state index contributed by atoms with van der Waals surface area (Å²) < 4.78 is 27.7. The number of rotatable bonds is 7. The summed E-state index contributed by atoms with van der Waals surface area (Å²) in [5.41, 5.74) is 2.21. The van der Waals surface area contributed by atoms with Gasteiger partial charge in [-0.05, 0) is 49.0 Å². The molecule has 0 radical (unpaired) electrons. The molecule has 0 aliphatic carbocycles. The van der Waals surface area contributed by atoms with Crippen molar-refractivity contribution in [2.45, 2.75) is 24.3 Å². The van der Waals surface area contributed by atoms with E-state index in [1.54, 1.807) is 5.38 Å². The summed E-state index contributed by atoms with van der Waals surface area (Å²) in [5.74, 6) is -0.327. The highest BCUT2D eigenvalue weighted by Crippen LogP contribution is 2.29. The second-order valence-electron chi connectivity index (χ2n) is 6.18. The van der Waals surface area contributed by atoms with Crippen molar-refractivity contribution in [2.24, 2.45) is 0 Å². The van der Waals surface area contributed by atoms with Gasteiger partial charge in [-0.3, -0.25) is 4.79 Å². The third-order valence-electron chi connectivity index (χ3n) is 4.44. The predicted molar refractivity (Wildman–Crippen MR) is 103 cm³/mol. The molecular weight excluding hydrogens is 370 g/mol. The number of thiophene rings is 1. The molecule has 1 aromatic heterocycles. The van der Waals surface area contributed by atoms with Crippen molar-refractivity contribution in [3.05, 3.63) is 51.7 Å². The molecule has 1 aliphatic heterocycles. The van der Waals surface area contributed by atoms with Gasteiger partial charge in [-0.15, -0.1) is 11.3 Å². The van der Waals surface area contributed by atoms with Crippen LogP contribution in [0.2, 0.25) is 0 Å². The Hall–Kier alpha value is -1.74. The lowest BCUT2D eigenvalue weighted by Gasteiger charge is -2.28. The van der Waals surface area contributed by atoms with Crippen molar-refractivity contribution in [1.29, 1.82) is 0 Å². The molecule has 6 nitrogen and oxygen atoms in total. The molecule has 1 amide bonds. The maximum Gasteiger partial charge on any atom is 0.262 e. The zero-order valence-electron chi connectivity index (χ0n) is 14.7. The lowest BCUT2D eigenvalue weighted by molar-refractivity contribution is 0.0954. The second kappa shape index (κ2) is 8.30. The number of amides is 1. The number of fused-ring (bicyclic) bond motifs is 1. The highest BCUT2D eigenvalue weighted by molar-refractivity contribution is 7.89. The van der Waals surface area contributed by atoms with Crippen LogP contribution in [0, 0.1) is 0 Å². The molecule has 8 heteroatoms. The summed E-state index contributed by atoms with van der Waals surface area (Å²) in [6.45, 7) is 2.08. The van der Waals surface area contributed by atoms with Gasteiger partial charge in [0.25, 0.3) is 5.91 Å². The molecule has 0 saturated carbocycles. The van der Waals surface area contributed by atoms with Crippen molar-refractivity contribution in [1.82, 2.24) is 14.9 Å². The van der Waals surface area contributed by atoms with Gasteiger partial charge in [0, 0.05) is 19.6 Å². The van der Waals surface area contributed by atoms with Crippen LogP contribution in [0.4, 0.5) is 0 Å². The van der Waals surface area contributed by atoms with E-state index < -0.39 is 10.0 Å². The Morgan fingerprint density at radius 2 is 1.96 bits per heavy atom. The average Bonchev–Trinajstić information content (AvgIpc) is 3.15. The maximum atomic E-state index is 13.1. The number of benzene rings is 1. The Labute approximate surface area is 158 Å². The minimum atomic E-state index is -3.70. The minimum Gasteiger partial charge on any atom is -0.351 e. The zero-order chi connectivity index (χ0) is 18.6. The van der Waals surface area contributed by atoms with Gasteiger partial charge < -0.3 is 10.6 Å². The smallest absolute Gasteiger partial charge is 0.262 e. The molecule has 0 saturated heterocycles. The third-order valence-corrected chi connectivity index (χ3v) is 7.37. The van der Waals surface area contributed by atoms with E-state index in [0.717, 1.165) is 29.9 Å². The fourth-order valence-corrected chi connectivity index (χ4v) is 5.76. The molecule has 26 heavy (non-hydrogen) atoms. The van der Waals surface area contributed by atoms with Gasteiger partial charge in [-0.1, -0.05) is 24.3 Å². The highest BCUT2D eigenvalue weighted by atomic mass is 32.2. The van der Waals surface area contributed by atoms with Crippen molar-refractivity contribution in [2.75, 3.05) is 26.7 Å². The standard InChI is InChI=1S/C18H23N3O3S2/c1-19-9-4-10-20-18(22)17-16(8-12-25-17)26(23,24)21-11-7-14-5-2-3-6-15(14)13-21/h2-3,5-6,8,12,19H,4,7,9-11,13H2,1H3,(H,20,22). The molecule has 0 unspecified atom stereocenters. The number of carbonyl (C=O) groups is 1. The first-order valence-electron chi connectivity index (χ1n) is 8.61. The molecule has 3 rings (SSSR count).